The fourth-order valence-corrected chi connectivity index (χ4v) is 6.27. The molecule has 8 heteroatoms. The molecule has 0 N–H and O–H groups in total. The number of ether oxygens (including phenoxy) is 1. The molecule has 33 heavy (non-hydrogen) atoms. The Morgan fingerprint density at radius 3 is 2.39 bits per heavy atom. The van der Waals surface area contributed by atoms with E-state index in [0.717, 1.165) is 34.7 Å². The molecule has 1 saturated heterocycles. The molecule has 2 heterocycles. The van der Waals surface area contributed by atoms with Gasteiger partial charge in [-0.15, -0.1) is 11.3 Å². The van der Waals surface area contributed by atoms with Crippen LogP contribution in [0.15, 0.2) is 69.9 Å². The zero-order chi connectivity index (χ0) is 23.1. The lowest BCUT2D eigenvalue weighted by molar-refractivity contribution is 0.0730. The predicted molar refractivity (Wildman–Crippen MR) is 133 cm³/mol. The second-order valence-electron chi connectivity index (χ2n) is 8.10. The van der Waals surface area contributed by atoms with Crippen molar-refractivity contribution in [2.75, 3.05) is 26.3 Å². The Morgan fingerprint density at radius 1 is 0.970 bits per heavy atom. The monoisotopic (exact) mass is 485 g/mol. The average molecular weight is 486 g/mol. The highest BCUT2D eigenvalue weighted by Gasteiger charge is 2.26. The molecule has 6 nitrogen and oxygen atoms in total. The SMILES string of the molecule is CCCCCCn1c(-c2ccc(S(=O)(=O)N3CCOCC3)cc2)csc1=Nc1ccccc1. The first-order valence-corrected chi connectivity index (χ1v) is 13.9. The van der Waals surface area contributed by atoms with Gasteiger partial charge in [-0.05, 0) is 36.2 Å². The highest BCUT2D eigenvalue weighted by Crippen LogP contribution is 2.25. The molecule has 0 bridgehead atoms. The maximum atomic E-state index is 13.0. The third-order valence-electron chi connectivity index (χ3n) is 5.77. The van der Waals surface area contributed by atoms with Crippen molar-refractivity contribution in [2.24, 2.45) is 4.99 Å². The summed E-state index contributed by atoms with van der Waals surface area (Å²) in [5.74, 6) is 0. The lowest BCUT2D eigenvalue weighted by atomic mass is 10.1. The molecular formula is C25H31N3O3S2. The summed E-state index contributed by atoms with van der Waals surface area (Å²) in [5.41, 5.74) is 3.00. The number of thiazole rings is 1. The summed E-state index contributed by atoms with van der Waals surface area (Å²) in [4.78, 5) is 6.15. The van der Waals surface area contributed by atoms with E-state index in [4.69, 9.17) is 9.73 Å². The largest absolute Gasteiger partial charge is 0.379 e. The van der Waals surface area contributed by atoms with Gasteiger partial charge in [-0.2, -0.15) is 4.31 Å². The van der Waals surface area contributed by atoms with E-state index in [1.807, 2.05) is 42.5 Å². The van der Waals surface area contributed by atoms with Crippen LogP contribution >= 0.6 is 11.3 Å². The van der Waals surface area contributed by atoms with Crippen molar-refractivity contribution in [1.29, 1.82) is 0 Å². The van der Waals surface area contributed by atoms with Gasteiger partial charge in [-0.1, -0.05) is 56.5 Å². The lowest BCUT2D eigenvalue weighted by Crippen LogP contribution is -2.40. The van der Waals surface area contributed by atoms with Crippen LogP contribution in [0.5, 0.6) is 0 Å². The number of benzene rings is 2. The number of nitrogens with zero attached hydrogens (tertiary/aromatic N) is 3. The van der Waals surface area contributed by atoms with Crippen molar-refractivity contribution in [1.82, 2.24) is 8.87 Å². The molecule has 1 aliphatic heterocycles. The molecule has 0 amide bonds. The number of para-hydroxylation sites is 1. The molecule has 0 saturated carbocycles. The van der Waals surface area contributed by atoms with E-state index < -0.39 is 10.0 Å². The van der Waals surface area contributed by atoms with E-state index >= 15 is 0 Å². The van der Waals surface area contributed by atoms with Gasteiger partial charge in [0, 0.05) is 25.0 Å². The van der Waals surface area contributed by atoms with Crippen molar-refractivity contribution in [3.8, 4) is 11.3 Å². The van der Waals surface area contributed by atoms with E-state index in [1.54, 1.807) is 23.5 Å². The van der Waals surface area contributed by atoms with Crippen molar-refractivity contribution in [2.45, 2.75) is 44.0 Å². The second-order valence-corrected chi connectivity index (χ2v) is 10.9. The summed E-state index contributed by atoms with van der Waals surface area (Å²) in [7, 11) is -3.50. The molecule has 1 aliphatic rings. The van der Waals surface area contributed by atoms with Crippen LogP contribution in [0.3, 0.4) is 0 Å². The quantitative estimate of drug-likeness (QED) is 0.399. The van der Waals surface area contributed by atoms with Crippen LogP contribution in [0.4, 0.5) is 5.69 Å². The van der Waals surface area contributed by atoms with Gasteiger partial charge in [0.15, 0.2) is 4.80 Å². The molecule has 176 valence electrons. The zero-order valence-corrected chi connectivity index (χ0v) is 20.7. The molecule has 0 spiro atoms. The van der Waals surface area contributed by atoms with Crippen LogP contribution in [-0.4, -0.2) is 43.6 Å². The van der Waals surface area contributed by atoms with Gasteiger partial charge in [0.2, 0.25) is 10.0 Å². The van der Waals surface area contributed by atoms with Crippen LogP contribution in [0.1, 0.15) is 32.6 Å². The van der Waals surface area contributed by atoms with Crippen LogP contribution in [0.2, 0.25) is 0 Å². The number of unbranched alkanes of at least 4 members (excludes halogenated alkanes) is 3. The minimum Gasteiger partial charge on any atom is -0.379 e. The molecule has 0 aliphatic carbocycles. The number of aromatic nitrogens is 1. The number of morpholine rings is 1. The Kier molecular flexibility index (Phi) is 8.14. The third-order valence-corrected chi connectivity index (χ3v) is 8.55. The standard InChI is InChI=1S/C25H31N3O3S2/c1-2-3-4-8-15-28-24(20-32-25(28)26-22-9-6-5-7-10-22)21-11-13-23(14-12-21)33(29,30)27-16-18-31-19-17-27/h5-7,9-14,20H,2-4,8,15-19H2,1H3. The second kappa shape index (κ2) is 11.2. The number of rotatable bonds is 9. The molecule has 4 rings (SSSR count). The van der Waals surface area contributed by atoms with Crippen LogP contribution in [-0.2, 0) is 21.3 Å². The number of hydrogen-bond donors (Lipinski definition) is 0. The van der Waals surface area contributed by atoms with Crippen molar-refractivity contribution in [3.63, 3.8) is 0 Å². The summed E-state index contributed by atoms with van der Waals surface area (Å²) in [6.07, 6.45) is 4.68. The van der Waals surface area contributed by atoms with Gasteiger partial charge in [0.1, 0.15) is 0 Å². The van der Waals surface area contributed by atoms with Crippen LogP contribution in [0.25, 0.3) is 11.3 Å². The molecule has 2 aromatic carbocycles. The molecule has 0 radical (unpaired) electrons. The highest BCUT2D eigenvalue weighted by molar-refractivity contribution is 7.89. The van der Waals surface area contributed by atoms with Gasteiger partial charge >= 0.3 is 0 Å². The van der Waals surface area contributed by atoms with Crippen LogP contribution < -0.4 is 4.80 Å². The molecule has 0 unspecified atom stereocenters. The minimum atomic E-state index is -3.50. The third kappa shape index (κ3) is 5.81. The molecule has 1 fully saturated rings. The smallest absolute Gasteiger partial charge is 0.243 e. The Hall–Kier alpha value is -2.26. The average Bonchev–Trinajstić information content (AvgIpc) is 3.25. The number of sulfonamides is 1. The van der Waals surface area contributed by atoms with E-state index in [1.165, 1.54) is 23.6 Å². The van der Waals surface area contributed by atoms with E-state index in [-0.39, 0.29) is 0 Å². The predicted octanol–water partition coefficient (Wildman–Crippen LogP) is 5.05. The minimum absolute atomic E-state index is 0.326. The lowest BCUT2D eigenvalue weighted by Gasteiger charge is -2.26. The van der Waals surface area contributed by atoms with E-state index in [9.17, 15) is 8.42 Å². The summed E-state index contributed by atoms with van der Waals surface area (Å²) in [6, 6.07) is 17.2. The fourth-order valence-electron chi connectivity index (χ4n) is 3.91. The first-order valence-electron chi connectivity index (χ1n) is 11.6. The molecule has 1 aromatic heterocycles. The fraction of sp³-hybridized carbons (Fsp3) is 0.400. The van der Waals surface area contributed by atoms with Crippen molar-refractivity contribution in [3.05, 3.63) is 64.8 Å². The van der Waals surface area contributed by atoms with E-state index in [0.29, 0.717) is 31.2 Å². The Bertz CT molecular complexity index is 1190. The first kappa shape index (κ1) is 23.9. The van der Waals surface area contributed by atoms with Gasteiger partial charge in [-0.25, -0.2) is 13.4 Å². The Labute approximate surface area is 200 Å². The molecular weight excluding hydrogens is 454 g/mol. The number of hydrogen-bond acceptors (Lipinski definition) is 5. The van der Waals surface area contributed by atoms with Gasteiger partial charge < -0.3 is 9.30 Å². The summed E-state index contributed by atoms with van der Waals surface area (Å²) >= 11 is 1.62. The topological polar surface area (TPSA) is 63.9 Å². The molecule has 0 atom stereocenters. The molecule has 3 aromatic rings. The van der Waals surface area contributed by atoms with Gasteiger partial charge in [-0.3, -0.25) is 0 Å². The van der Waals surface area contributed by atoms with Crippen molar-refractivity contribution >= 4 is 27.0 Å². The Morgan fingerprint density at radius 2 is 1.70 bits per heavy atom. The highest BCUT2D eigenvalue weighted by atomic mass is 32.2. The maximum absolute atomic E-state index is 13.0. The van der Waals surface area contributed by atoms with Gasteiger partial charge in [0.25, 0.3) is 0 Å². The maximum Gasteiger partial charge on any atom is 0.243 e. The Balaban J connectivity index is 1.64. The summed E-state index contributed by atoms with van der Waals surface area (Å²) < 4.78 is 35.0. The summed E-state index contributed by atoms with van der Waals surface area (Å²) in [5, 5.41) is 2.12. The summed E-state index contributed by atoms with van der Waals surface area (Å²) in [6.45, 7) is 4.79. The normalized spacial score (nSPS) is 15.7. The van der Waals surface area contributed by atoms with E-state index in [2.05, 4.69) is 16.9 Å². The van der Waals surface area contributed by atoms with Crippen LogP contribution in [0, 0.1) is 0 Å². The zero-order valence-electron chi connectivity index (χ0n) is 19.0. The first-order chi connectivity index (χ1) is 16.1. The van der Waals surface area contributed by atoms with Gasteiger partial charge in [0.05, 0.1) is 29.5 Å². The van der Waals surface area contributed by atoms with Crippen molar-refractivity contribution < 1.29 is 13.2 Å².